The highest BCUT2D eigenvalue weighted by Crippen LogP contribution is 2.37. The molecule has 13 heteroatoms. The lowest BCUT2D eigenvalue weighted by Gasteiger charge is -2.38. The quantitative estimate of drug-likeness (QED) is 0.280. The maximum Gasteiger partial charge on any atom is 0.262 e. The minimum atomic E-state index is -3.82. The lowest BCUT2D eigenvalue weighted by molar-refractivity contribution is -0.0312. The van der Waals surface area contributed by atoms with Gasteiger partial charge in [-0.15, -0.1) is 0 Å². The van der Waals surface area contributed by atoms with Gasteiger partial charge in [0.05, 0.1) is 29.1 Å². The largest absolute Gasteiger partial charge is 0.491 e. The first-order valence-corrected chi connectivity index (χ1v) is 16.3. The number of fused-ring (bicyclic) bond motifs is 1. The average molecular weight is 606 g/mol. The predicted molar refractivity (Wildman–Crippen MR) is 152 cm³/mol. The number of nitrogens with one attached hydrogen (secondary N) is 2. The SMILES string of the molecule is CONS(=O)(=O)c1cccc(OC[C@@H](O)CNC2COC3(CCN(S(=O)(=O)c4ccc5ccccc5c4)CC3)C2)c1. The van der Waals surface area contributed by atoms with Crippen molar-refractivity contribution in [3.8, 4) is 5.75 Å². The van der Waals surface area contributed by atoms with Crippen molar-refractivity contribution >= 4 is 30.8 Å². The Balaban J connectivity index is 1.09. The third-order valence-corrected chi connectivity index (χ3v) is 10.8. The Morgan fingerprint density at radius 3 is 2.51 bits per heavy atom. The Morgan fingerprint density at radius 2 is 1.76 bits per heavy atom. The maximum absolute atomic E-state index is 13.3. The summed E-state index contributed by atoms with van der Waals surface area (Å²) in [4.78, 5) is 6.73. The van der Waals surface area contributed by atoms with E-state index in [9.17, 15) is 21.9 Å². The summed E-state index contributed by atoms with van der Waals surface area (Å²) in [5, 5.41) is 15.6. The van der Waals surface area contributed by atoms with Gasteiger partial charge in [-0.05, 0) is 54.3 Å². The van der Waals surface area contributed by atoms with Crippen LogP contribution < -0.4 is 14.9 Å². The van der Waals surface area contributed by atoms with E-state index in [4.69, 9.17) is 9.47 Å². The molecular weight excluding hydrogens is 570 g/mol. The van der Waals surface area contributed by atoms with Gasteiger partial charge >= 0.3 is 0 Å². The van der Waals surface area contributed by atoms with Crippen molar-refractivity contribution in [2.24, 2.45) is 0 Å². The summed E-state index contributed by atoms with van der Waals surface area (Å²) in [7, 11) is -6.22. The van der Waals surface area contributed by atoms with Gasteiger partial charge in [-0.3, -0.25) is 4.84 Å². The van der Waals surface area contributed by atoms with Crippen LogP contribution in [0.5, 0.6) is 5.75 Å². The molecule has 5 rings (SSSR count). The molecule has 0 radical (unpaired) electrons. The lowest BCUT2D eigenvalue weighted by atomic mass is 9.88. The number of piperidine rings is 1. The molecule has 3 N–H and O–H groups in total. The molecule has 0 aromatic heterocycles. The molecule has 0 aliphatic carbocycles. The van der Waals surface area contributed by atoms with Crippen molar-refractivity contribution in [1.29, 1.82) is 0 Å². The average Bonchev–Trinajstić information content (AvgIpc) is 3.37. The number of sulfonamides is 2. The zero-order valence-electron chi connectivity index (χ0n) is 22.7. The number of ether oxygens (including phenoxy) is 2. The third-order valence-electron chi connectivity index (χ3n) is 7.59. The van der Waals surface area contributed by atoms with Crippen LogP contribution in [0.3, 0.4) is 0 Å². The topological polar surface area (TPSA) is 144 Å². The highest BCUT2D eigenvalue weighted by Gasteiger charge is 2.44. The summed E-state index contributed by atoms with van der Waals surface area (Å²) in [5.74, 6) is 0.302. The number of aliphatic hydroxyl groups excluding tert-OH is 1. The van der Waals surface area contributed by atoms with Crippen molar-refractivity contribution in [2.75, 3.05) is 40.0 Å². The summed E-state index contributed by atoms with van der Waals surface area (Å²) in [6.07, 6.45) is 1.08. The Hall–Kier alpha value is -2.62. The van der Waals surface area contributed by atoms with Crippen LogP contribution in [-0.2, 0) is 29.6 Å². The molecule has 2 atom stereocenters. The minimum Gasteiger partial charge on any atom is -0.491 e. The third kappa shape index (κ3) is 6.89. The molecule has 11 nitrogen and oxygen atoms in total. The zero-order valence-corrected chi connectivity index (χ0v) is 24.4. The van der Waals surface area contributed by atoms with Gasteiger partial charge in [0.2, 0.25) is 10.0 Å². The smallest absolute Gasteiger partial charge is 0.262 e. The van der Waals surface area contributed by atoms with Crippen LogP contribution >= 0.6 is 0 Å². The van der Waals surface area contributed by atoms with E-state index in [2.05, 4.69) is 10.2 Å². The van der Waals surface area contributed by atoms with Crippen LogP contribution in [0, 0.1) is 0 Å². The maximum atomic E-state index is 13.3. The first-order chi connectivity index (χ1) is 19.6. The molecule has 2 aliphatic heterocycles. The van der Waals surface area contributed by atoms with Gasteiger partial charge < -0.3 is 19.9 Å². The standard InChI is InChI=1S/C28H35N3O8S2/c1-37-30-40(33,34)26-8-4-7-25(16-26)38-20-24(32)18-29-23-17-28(39-19-23)11-13-31(14-12-28)41(35,36)27-10-9-21-5-2-3-6-22(21)15-27/h2-10,15-16,23-24,29-30,32H,11-14,17-20H2,1H3/t23?,24-/m0/s1. The lowest BCUT2D eigenvalue weighted by Crippen LogP contribution is -2.47. The fourth-order valence-electron chi connectivity index (χ4n) is 5.38. The molecule has 3 aromatic carbocycles. The fourth-order valence-corrected chi connectivity index (χ4v) is 7.70. The van der Waals surface area contributed by atoms with E-state index in [1.54, 1.807) is 22.5 Å². The molecule has 222 valence electrons. The van der Waals surface area contributed by atoms with Crippen molar-refractivity contribution < 1.29 is 36.3 Å². The zero-order chi connectivity index (χ0) is 29.1. The van der Waals surface area contributed by atoms with Crippen LogP contribution in [0.1, 0.15) is 19.3 Å². The highest BCUT2D eigenvalue weighted by molar-refractivity contribution is 7.89. The number of aliphatic hydroxyl groups is 1. The van der Waals surface area contributed by atoms with Crippen LogP contribution in [-0.4, -0.2) is 84.0 Å². The van der Waals surface area contributed by atoms with Gasteiger partial charge in [0.15, 0.2) is 0 Å². The molecule has 41 heavy (non-hydrogen) atoms. The number of rotatable bonds is 11. The Kier molecular flexibility index (Phi) is 8.97. The minimum absolute atomic E-state index is 0.0156. The van der Waals surface area contributed by atoms with Gasteiger partial charge in [-0.2, -0.15) is 4.31 Å². The summed E-state index contributed by atoms with van der Waals surface area (Å²) in [6, 6.07) is 18.8. The number of hydrogen-bond donors (Lipinski definition) is 3. The van der Waals surface area contributed by atoms with E-state index in [1.807, 2.05) is 35.2 Å². The molecule has 0 bridgehead atoms. The molecule has 3 aromatic rings. The number of nitrogens with zero attached hydrogens (tertiary/aromatic N) is 1. The number of hydrogen-bond acceptors (Lipinski definition) is 9. The van der Waals surface area contributed by atoms with E-state index in [1.165, 1.54) is 25.3 Å². The molecular formula is C28H35N3O8S2. The van der Waals surface area contributed by atoms with Crippen molar-refractivity contribution in [2.45, 2.75) is 46.8 Å². The fraction of sp³-hybridized carbons (Fsp3) is 0.429. The Morgan fingerprint density at radius 1 is 1.00 bits per heavy atom. The molecule has 0 saturated carbocycles. The molecule has 0 amide bonds. The summed E-state index contributed by atoms with van der Waals surface area (Å²) in [5.41, 5.74) is -0.392. The summed E-state index contributed by atoms with van der Waals surface area (Å²) >= 11 is 0. The molecule has 2 fully saturated rings. The van der Waals surface area contributed by atoms with E-state index >= 15 is 0 Å². The summed E-state index contributed by atoms with van der Waals surface area (Å²) in [6.45, 7) is 1.46. The van der Waals surface area contributed by atoms with Crippen molar-refractivity contribution in [3.63, 3.8) is 0 Å². The molecule has 1 spiro atoms. The van der Waals surface area contributed by atoms with E-state index in [0.717, 1.165) is 17.2 Å². The van der Waals surface area contributed by atoms with Crippen LogP contribution in [0.4, 0.5) is 0 Å². The van der Waals surface area contributed by atoms with Gasteiger partial charge in [0, 0.05) is 31.7 Å². The van der Waals surface area contributed by atoms with Gasteiger partial charge in [-0.1, -0.05) is 41.3 Å². The van der Waals surface area contributed by atoms with Crippen LogP contribution in [0.25, 0.3) is 10.8 Å². The Bertz CT molecular complexity index is 1570. The molecule has 2 saturated heterocycles. The van der Waals surface area contributed by atoms with E-state index in [0.29, 0.717) is 43.2 Å². The van der Waals surface area contributed by atoms with E-state index in [-0.39, 0.29) is 24.1 Å². The van der Waals surface area contributed by atoms with Gasteiger partial charge in [-0.25, -0.2) is 16.8 Å². The summed E-state index contributed by atoms with van der Waals surface area (Å²) < 4.78 is 64.1. The van der Waals surface area contributed by atoms with Crippen molar-refractivity contribution in [1.82, 2.24) is 14.5 Å². The van der Waals surface area contributed by atoms with Crippen LogP contribution in [0.15, 0.2) is 76.5 Å². The normalized spacial score (nSPS) is 20.4. The van der Waals surface area contributed by atoms with Gasteiger partial charge in [0.1, 0.15) is 18.5 Å². The van der Waals surface area contributed by atoms with Gasteiger partial charge in [0.25, 0.3) is 10.0 Å². The first-order valence-electron chi connectivity index (χ1n) is 13.4. The molecule has 1 unspecified atom stereocenters. The molecule has 2 heterocycles. The first kappa shape index (κ1) is 29.9. The number of benzene rings is 3. The second-order valence-corrected chi connectivity index (χ2v) is 14.0. The predicted octanol–water partition coefficient (Wildman–Crippen LogP) is 2.02. The highest BCUT2D eigenvalue weighted by atomic mass is 32.2. The second-order valence-electron chi connectivity index (χ2n) is 10.4. The molecule has 2 aliphatic rings. The van der Waals surface area contributed by atoms with E-state index < -0.39 is 31.8 Å². The van der Waals surface area contributed by atoms with Crippen molar-refractivity contribution in [3.05, 3.63) is 66.7 Å². The monoisotopic (exact) mass is 605 g/mol. The Labute approximate surface area is 240 Å². The van der Waals surface area contributed by atoms with Crippen LogP contribution in [0.2, 0.25) is 0 Å². The second kappa shape index (κ2) is 12.3.